The molecule has 0 fully saturated rings. The zero-order valence-corrected chi connectivity index (χ0v) is 9.24. The third-order valence-corrected chi connectivity index (χ3v) is 2.20. The number of anilines is 2. The van der Waals surface area contributed by atoms with Crippen molar-refractivity contribution in [1.29, 1.82) is 5.26 Å². The van der Waals surface area contributed by atoms with E-state index in [4.69, 9.17) is 16.9 Å². The summed E-state index contributed by atoms with van der Waals surface area (Å²) in [6, 6.07) is 6.10. The minimum atomic E-state index is -0.483. The highest BCUT2D eigenvalue weighted by molar-refractivity contribution is 6.30. The fourth-order valence-corrected chi connectivity index (χ4v) is 1.34. The average molecular weight is 249 g/mol. The lowest BCUT2D eigenvalue weighted by Gasteiger charge is -2.06. The molecule has 4 nitrogen and oxygen atoms in total. The maximum absolute atomic E-state index is 13.4. The minimum absolute atomic E-state index is 0.201. The van der Waals surface area contributed by atoms with Crippen LogP contribution in [0.4, 0.5) is 15.9 Å². The molecule has 6 heteroatoms. The van der Waals surface area contributed by atoms with E-state index in [-0.39, 0.29) is 11.4 Å². The second-order valence-corrected chi connectivity index (χ2v) is 3.58. The van der Waals surface area contributed by atoms with Crippen molar-refractivity contribution in [2.24, 2.45) is 0 Å². The van der Waals surface area contributed by atoms with Crippen LogP contribution < -0.4 is 5.32 Å². The molecule has 1 aromatic carbocycles. The van der Waals surface area contributed by atoms with Gasteiger partial charge in [-0.05, 0) is 18.2 Å². The lowest BCUT2D eigenvalue weighted by atomic mass is 10.3. The number of aromatic nitrogens is 2. The molecule has 0 saturated heterocycles. The van der Waals surface area contributed by atoms with E-state index in [0.717, 1.165) is 0 Å². The van der Waals surface area contributed by atoms with Crippen LogP contribution >= 0.6 is 11.6 Å². The summed E-state index contributed by atoms with van der Waals surface area (Å²) >= 11 is 5.63. The van der Waals surface area contributed by atoms with Crippen molar-refractivity contribution in [3.8, 4) is 6.07 Å². The van der Waals surface area contributed by atoms with Crippen LogP contribution in [0.25, 0.3) is 0 Å². The van der Waals surface area contributed by atoms with E-state index < -0.39 is 5.82 Å². The Hall–Kier alpha value is -2.19. The third-order valence-electron chi connectivity index (χ3n) is 1.96. The second-order valence-electron chi connectivity index (χ2n) is 3.15. The van der Waals surface area contributed by atoms with E-state index in [0.29, 0.717) is 10.8 Å². The number of nitrogens with one attached hydrogen (secondary N) is 1. The maximum Gasteiger partial charge on any atom is 0.158 e. The van der Waals surface area contributed by atoms with Crippen LogP contribution in [-0.4, -0.2) is 9.97 Å². The van der Waals surface area contributed by atoms with Gasteiger partial charge in [-0.2, -0.15) is 5.26 Å². The number of nitrogens with zero attached hydrogens (tertiary/aromatic N) is 3. The molecule has 17 heavy (non-hydrogen) atoms. The van der Waals surface area contributed by atoms with Crippen molar-refractivity contribution in [2.75, 3.05) is 5.32 Å². The number of benzene rings is 1. The van der Waals surface area contributed by atoms with Gasteiger partial charge in [0.1, 0.15) is 17.7 Å². The largest absolute Gasteiger partial charge is 0.337 e. The zero-order chi connectivity index (χ0) is 12.3. The monoisotopic (exact) mass is 248 g/mol. The van der Waals surface area contributed by atoms with Gasteiger partial charge in [0.05, 0.1) is 18.1 Å². The molecule has 84 valence electrons. The standard InChI is InChI=1S/C11H6ClFN4/c12-7-1-2-10(9(13)3-7)17-11-6-15-8(4-14)5-16-11/h1-3,5-6H,(H,16,17). The summed E-state index contributed by atoms with van der Waals surface area (Å²) in [5.41, 5.74) is 0.445. The number of hydrogen-bond donors (Lipinski definition) is 1. The highest BCUT2D eigenvalue weighted by atomic mass is 35.5. The van der Waals surface area contributed by atoms with Crippen LogP contribution in [0.3, 0.4) is 0 Å². The topological polar surface area (TPSA) is 61.6 Å². The van der Waals surface area contributed by atoms with Gasteiger partial charge in [-0.25, -0.2) is 14.4 Å². The fourth-order valence-electron chi connectivity index (χ4n) is 1.18. The van der Waals surface area contributed by atoms with Crippen molar-refractivity contribution in [2.45, 2.75) is 0 Å². The summed E-state index contributed by atoms with van der Waals surface area (Å²) in [5, 5.41) is 11.6. The Balaban J connectivity index is 2.23. The number of rotatable bonds is 2. The van der Waals surface area contributed by atoms with Crippen molar-refractivity contribution < 1.29 is 4.39 Å². The van der Waals surface area contributed by atoms with Gasteiger partial charge in [-0.1, -0.05) is 11.6 Å². The van der Waals surface area contributed by atoms with Gasteiger partial charge >= 0.3 is 0 Å². The first-order valence-corrected chi connectivity index (χ1v) is 5.01. The molecule has 1 aromatic heterocycles. The van der Waals surface area contributed by atoms with Crippen LogP contribution in [0.15, 0.2) is 30.6 Å². The lowest BCUT2D eigenvalue weighted by molar-refractivity contribution is 0.632. The van der Waals surface area contributed by atoms with Crippen molar-refractivity contribution in [3.05, 3.63) is 47.1 Å². The molecule has 0 radical (unpaired) electrons. The van der Waals surface area contributed by atoms with Crippen LogP contribution in [0.2, 0.25) is 5.02 Å². The highest BCUT2D eigenvalue weighted by Crippen LogP contribution is 2.21. The Morgan fingerprint density at radius 1 is 1.29 bits per heavy atom. The van der Waals surface area contributed by atoms with Crippen LogP contribution in [-0.2, 0) is 0 Å². The number of halogens is 2. The number of nitriles is 1. The zero-order valence-electron chi connectivity index (χ0n) is 8.48. The molecule has 0 unspecified atom stereocenters. The van der Waals surface area contributed by atoms with E-state index in [2.05, 4.69) is 15.3 Å². The molecule has 0 spiro atoms. The van der Waals surface area contributed by atoms with Crippen LogP contribution in [0.1, 0.15) is 5.69 Å². The molecule has 0 atom stereocenters. The van der Waals surface area contributed by atoms with E-state index in [1.807, 2.05) is 6.07 Å². The fraction of sp³-hybridized carbons (Fsp3) is 0. The Labute approximate surface area is 102 Å². The molecular weight excluding hydrogens is 243 g/mol. The van der Waals surface area contributed by atoms with Crippen LogP contribution in [0, 0.1) is 17.1 Å². The quantitative estimate of drug-likeness (QED) is 0.888. The Bertz CT molecular complexity index is 577. The summed E-state index contributed by atoms with van der Waals surface area (Å²) in [7, 11) is 0. The molecule has 0 saturated carbocycles. The summed E-state index contributed by atoms with van der Waals surface area (Å²) in [5.74, 6) is -0.131. The normalized spacial score (nSPS) is 9.71. The van der Waals surface area contributed by atoms with Crippen molar-refractivity contribution >= 4 is 23.1 Å². The first-order valence-electron chi connectivity index (χ1n) is 4.63. The SMILES string of the molecule is N#Cc1cnc(Nc2ccc(Cl)cc2F)cn1. The minimum Gasteiger partial charge on any atom is -0.337 e. The molecule has 2 aromatic rings. The molecule has 0 aliphatic rings. The molecule has 1 heterocycles. The first-order chi connectivity index (χ1) is 8.19. The summed E-state index contributed by atoms with van der Waals surface area (Å²) < 4.78 is 13.4. The van der Waals surface area contributed by atoms with Crippen molar-refractivity contribution in [1.82, 2.24) is 9.97 Å². The van der Waals surface area contributed by atoms with Gasteiger partial charge in [-0.15, -0.1) is 0 Å². The van der Waals surface area contributed by atoms with Gasteiger partial charge in [0, 0.05) is 5.02 Å². The average Bonchev–Trinajstić information content (AvgIpc) is 2.34. The molecule has 0 bridgehead atoms. The van der Waals surface area contributed by atoms with Gasteiger partial charge in [-0.3, -0.25) is 0 Å². The molecule has 0 amide bonds. The smallest absolute Gasteiger partial charge is 0.158 e. The third kappa shape index (κ3) is 2.68. The molecular formula is C11H6ClFN4. The van der Waals surface area contributed by atoms with E-state index >= 15 is 0 Å². The lowest BCUT2D eigenvalue weighted by Crippen LogP contribution is -1.97. The van der Waals surface area contributed by atoms with Gasteiger partial charge < -0.3 is 5.32 Å². The van der Waals surface area contributed by atoms with Gasteiger partial charge in [0.15, 0.2) is 5.69 Å². The molecule has 0 aliphatic carbocycles. The molecule has 2 rings (SSSR count). The molecule has 1 N–H and O–H groups in total. The second kappa shape index (κ2) is 4.76. The predicted molar refractivity (Wildman–Crippen MR) is 61.4 cm³/mol. The number of hydrogen-bond acceptors (Lipinski definition) is 4. The Morgan fingerprint density at radius 3 is 2.71 bits per heavy atom. The van der Waals surface area contributed by atoms with Crippen LogP contribution in [0.5, 0.6) is 0 Å². The van der Waals surface area contributed by atoms with Gasteiger partial charge in [0.25, 0.3) is 0 Å². The Morgan fingerprint density at radius 2 is 2.12 bits per heavy atom. The first kappa shape index (κ1) is 11.3. The predicted octanol–water partition coefficient (Wildman–Crippen LogP) is 2.88. The van der Waals surface area contributed by atoms with E-state index in [1.165, 1.54) is 24.5 Å². The van der Waals surface area contributed by atoms with E-state index in [1.54, 1.807) is 6.07 Å². The summed E-state index contributed by atoms with van der Waals surface area (Å²) in [6.07, 6.45) is 2.66. The summed E-state index contributed by atoms with van der Waals surface area (Å²) in [4.78, 5) is 7.72. The maximum atomic E-state index is 13.4. The summed E-state index contributed by atoms with van der Waals surface area (Å²) in [6.45, 7) is 0. The Kier molecular flexibility index (Phi) is 3.17. The molecule has 0 aliphatic heterocycles. The van der Waals surface area contributed by atoms with E-state index in [9.17, 15) is 4.39 Å². The van der Waals surface area contributed by atoms with Gasteiger partial charge in [0.2, 0.25) is 0 Å². The highest BCUT2D eigenvalue weighted by Gasteiger charge is 2.04. The van der Waals surface area contributed by atoms with Crippen molar-refractivity contribution in [3.63, 3.8) is 0 Å².